The van der Waals surface area contributed by atoms with Gasteiger partial charge >= 0.3 is 0 Å². The van der Waals surface area contributed by atoms with Gasteiger partial charge in [0.25, 0.3) is 5.91 Å². The minimum atomic E-state index is -0.172. The van der Waals surface area contributed by atoms with Crippen molar-refractivity contribution in [3.05, 3.63) is 30.0 Å². The highest BCUT2D eigenvalue weighted by Gasteiger charge is 2.12. The summed E-state index contributed by atoms with van der Waals surface area (Å²) < 4.78 is 10.7. The number of methoxy groups -OCH3 is 1. The van der Waals surface area contributed by atoms with Gasteiger partial charge in [0, 0.05) is 18.0 Å². The van der Waals surface area contributed by atoms with Crippen molar-refractivity contribution in [1.29, 1.82) is 0 Å². The number of fused-ring (bicyclic) bond motifs is 1. The van der Waals surface area contributed by atoms with Gasteiger partial charge < -0.3 is 19.4 Å². The van der Waals surface area contributed by atoms with Crippen LogP contribution in [0.15, 0.2) is 28.7 Å². The van der Waals surface area contributed by atoms with Crippen LogP contribution in [0.4, 0.5) is 0 Å². The van der Waals surface area contributed by atoms with Crippen molar-refractivity contribution < 1.29 is 13.9 Å². The first-order valence-electron chi connectivity index (χ1n) is 7.76. The summed E-state index contributed by atoms with van der Waals surface area (Å²) in [6.07, 6.45) is 0.932. The van der Waals surface area contributed by atoms with Gasteiger partial charge in [0.1, 0.15) is 11.3 Å². The number of furan rings is 1. The molecule has 0 aliphatic heterocycles. The Morgan fingerprint density at radius 2 is 2.05 bits per heavy atom. The first-order valence-corrected chi connectivity index (χ1v) is 7.76. The Morgan fingerprint density at radius 1 is 1.27 bits per heavy atom. The minimum Gasteiger partial charge on any atom is -0.497 e. The fourth-order valence-corrected chi connectivity index (χ4v) is 2.38. The van der Waals surface area contributed by atoms with Crippen molar-refractivity contribution >= 4 is 16.9 Å². The van der Waals surface area contributed by atoms with E-state index in [0.29, 0.717) is 23.6 Å². The highest BCUT2D eigenvalue weighted by Crippen LogP contribution is 2.24. The van der Waals surface area contributed by atoms with Gasteiger partial charge in [0.2, 0.25) is 0 Å². The summed E-state index contributed by atoms with van der Waals surface area (Å²) in [5.74, 6) is 0.883. The van der Waals surface area contributed by atoms with Crippen LogP contribution in [0.25, 0.3) is 11.0 Å². The average Bonchev–Trinajstić information content (AvgIpc) is 2.97. The molecule has 0 saturated heterocycles. The number of amides is 1. The molecule has 1 aromatic heterocycles. The van der Waals surface area contributed by atoms with E-state index >= 15 is 0 Å². The van der Waals surface area contributed by atoms with Crippen LogP contribution in [0.1, 0.15) is 30.8 Å². The fourth-order valence-electron chi connectivity index (χ4n) is 2.38. The second kappa shape index (κ2) is 7.84. The normalized spacial score (nSPS) is 11.1. The van der Waals surface area contributed by atoms with Crippen molar-refractivity contribution in [1.82, 2.24) is 10.2 Å². The molecule has 0 spiro atoms. The highest BCUT2D eigenvalue weighted by molar-refractivity contribution is 5.96. The number of carbonyl (C=O) groups excluding carboxylic acids is 1. The maximum atomic E-state index is 12.1. The topological polar surface area (TPSA) is 54.7 Å². The number of nitrogens with one attached hydrogen (secondary N) is 1. The summed E-state index contributed by atoms with van der Waals surface area (Å²) in [6.45, 7) is 8.00. The number of carbonyl (C=O) groups is 1. The molecule has 0 fully saturated rings. The summed E-state index contributed by atoms with van der Waals surface area (Å²) in [4.78, 5) is 14.4. The fraction of sp³-hybridized carbons (Fsp3) is 0.471. The number of rotatable bonds is 8. The highest BCUT2D eigenvalue weighted by atomic mass is 16.5. The minimum absolute atomic E-state index is 0.172. The molecule has 0 radical (unpaired) electrons. The molecule has 0 saturated carbocycles. The molecule has 1 N–H and O–H groups in total. The molecule has 0 unspecified atom stereocenters. The zero-order valence-corrected chi connectivity index (χ0v) is 13.5. The maximum absolute atomic E-state index is 12.1. The van der Waals surface area contributed by atoms with E-state index in [1.54, 1.807) is 19.2 Å². The first kappa shape index (κ1) is 16.4. The third kappa shape index (κ3) is 4.01. The SMILES string of the molecule is CCN(CC)CCCNC(=O)c1cc2ccc(OC)cc2o1. The van der Waals surface area contributed by atoms with E-state index in [1.165, 1.54) is 0 Å². The van der Waals surface area contributed by atoms with Crippen LogP contribution in [0, 0.1) is 0 Å². The molecule has 0 aliphatic rings. The van der Waals surface area contributed by atoms with Gasteiger partial charge in [-0.25, -0.2) is 0 Å². The molecule has 1 amide bonds. The zero-order valence-electron chi connectivity index (χ0n) is 13.5. The predicted octanol–water partition coefficient (Wildman–Crippen LogP) is 2.90. The number of nitrogens with zero attached hydrogens (tertiary/aromatic N) is 1. The van der Waals surface area contributed by atoms with E-state index in [9.17, 15) is 4.79 Å². The molecular formula is C17H24N2O3. The van der Waals surface area contributed by atoms with Crippen molar-refractivity contribution in [2.24, 2.45) is 0 Å². The van der Waals surface area contributed by atoms with Crippen molar-refractivity contribution in [3.63, 3.8) is 0 Å². The first-order chi connectivity index (χ1) is 10.7. The lowest BCUT2D eigenvalue weighted by molar-refractivity contribution is 0.0926. The van der Waals surface area contributed by atoms with E-state index in [4.69, 9.17) is 9.15 Å². The molecule has 0 aliphatic carbocycles. The van der Waals surface area contributed by atoms with Crippen molar-refractivity contribution in [3.8, 4) is 5.75 Å². The van der Waals surface area contributed by atoms with Crippen LogP contribution in [0.2, 0.25) is 0 Å². The Morgan fingerprint density at radius 3 is 2.73 bits per heavy atom. The smallest absolute Gasteiger partial charge is 0.287 e. The largest absolute Gasteiger partial charge is 0.497 e. The van der Waals surface area contributed by atoms with Crippen LogP contribution in [-0.2, 0) is 0 Å². The van der Waals surface area contributed by atoms with Gasteiger partial charge in [0.05, 0.1) is 7.11 Å². The Labute approximate surface area is 131 Å². The summed E-state index contributed by atoms with van der Waals surface area (Å²) in [5, 5.41) is 3.80. The molecule has 5 heteroatoms. The van der Waals surface area contributed by atoms with E-state index in [2.05, 4.69) is 24.1 Å². The quantitative estimate of drug-likeness (QED) is 0.762. The number of hydrogen-bond donors (Lipinski definition) is 1. The molecule has 1 heterocycles. The standard InChI is InChI=1S/C17H24N2O3/c1-4-19(5-2)10-6-9-18-17(20)16-11-13-7-8-14(21-3)12-15(13)22-16/h7-8,11-12H,4-6,9-10H2,1-3H3,(H,18,20). The van der Waals surface area contributed by atoms with Gasteiger partial charge in [-0.15, -0.1) is 0 Å². The van der Waals surface area contributed by atoms with Gasteiger partial charge in [-0.1, -0.05) is 13.8 Å². The van der Waals surface area contributed by atoms with Crippen LogP contribution in [-0.4, -0.2) is 44.1 Å². The Hall–Kier alpha value is -2.01. The predicted molar refractivity (Wildman–Crippen MR) is 87.5 cm³/mol. The monoisotopic (exact) mass is 304 g/mol. The van der Waals surface area contributed by atoms with Gasteiger partial charge in [-0.05, 0) is 44.3 Å². The van der Waals surface area contributed by atoms with Gasteiger partial charge in [-0.2, -0.15) is 0 Å². The molecule has 0 bridgehead atoms. The second-order valence-corrected chi connectivity index (χ2v) is 5.15. The molecule has 120 valence electrons. The molecule has 2 rings (SSSR count). The lowest BCUT2D eigenvalue weighted by Crippen LogP contribution is -2.29. The second-order valence-electron chi connectivity index (χ2n) is 5.15. The van der Waals surface area contributed by atoms with Crippen LogP contribution < -0.4 is 10.1 Å². The van der Waals surface area contributed by atoms with Crippen LogP contribution in [0.5, 0.6) is 5.75 Å². The molecular weight excluding hydrogens is 280 g/mol. The molecule has 0 atom stereocenters. The molecule has 22 heavy (non-hydrogen) atoms. The van der Waals surface area contributed by atoms with Crippen LogP contribution in [0.3, 0.4) is 0 Å². The molecule has 1 aromatic carbocycles. The number of hydrogen-bond acceptors (Lipinski definition) is 4. The van der Waals surface area contributed by atoms with Crippen LogP contribution >= 0.6 is 0 Å². The van der Waals surface area contributed by atoms with E-state index in [0.717, 1.165) is 31.4 Å². The molecule has 5 nitrogen and oxygen atoms in total. The van der Waals surface area contributed by atoms with E-state index in [-0.39, 0.29) is 5.91 Å². The molecule has 2 aromatic rings. The van der Waals surface area contributed by atoms with E-state index in [1.807, 2.05) is 12.1 Å². The summed E-state index contributed by atoms with van der Waals surface area (Å²) in [6, 6.07) is 7.28. The maximum Gasteiger partial charge on any atom is 0.287 e. The Balaban J connectivity index is 1.90. The van der Waals surface area contributed by atoms with Crippen molar-refractivity contribution in [2.75, 3.05) is 33.3 Å². The third-order valence-corrected chi connectivity index (χ3v) is 3.78. The van der Waals surface area contributed by atoms with Gasteiger partial charge in [-0.3, -0.25) is 4.79 Å². The lowest BCUT2D eigenvalue weighted by Gasteiger charge is -2.17. The third-order valence-electron chi connectivity index (χ3n) is 3.78. The average molecular weight is 304 g/mol. The Kier molecular flexibility index (Phi) is 5.83. The Bertz CT molecular complexity index is 617. The van der Waals surface area contributed by atoms with Gasteiger partial charge in [0.15, 0.2) is 5.76 Å². The lowest BCUT2D eigenvalue weighted by atomic mass is 10.2. The summed E-state index contributed by atoms with van der Waals surface area (Å²) in [5.41, 5.74) is 0.660. The summed E-state index contributed by atoms with van der Waals surface area (Å²) in [7, 11) is 1.60. The summed E-state index contributed by atoms with van der Waals surface area (Å²) >= 11 is 0. The number of benzene rings is 1. The van der Waals surface area contributed by atoms with E-state index < -0.39 is 0 Å². The number of ether oxygens (including phenoxy) is 1. The zero-order chi connectivity index (χ0) is 15.9. The van der Waals surface area contributed by atoms with Crippen molar-refractivity contribution in [2.45, 2.75) is 20.3 Å².